The van der Waals surface area contributed by atoms with E-state index in [1.165, 1.54) is 0 Å². The van der Waals surface area contributed by atoms with E-state index in [0.717, 1.165) is 0 Å². The Balaban J connectivity index is 2.22. The molecule has 1 aliphatic carbocycles. The van der Waals surface area contributed by atoms with E-state index in [4.69, 9.17) is 34.8 Å². The lowest BCUT2D eigenvalue weighted by molar-refractivity contribution is -0.120. The van der Waals surface area contributed by atoms with Crippen LogP contribution in [0.3, 0.4) is 0 Å². The van der Waals surface area contributed by atoms with Gasteiger partial charge in [0.15, 0.2) is 0 Å². The standard InChI is InChI=1S/C16H19Cl3N2O2/c1-9(2)21(4)13(22)10-5-6-11(17)12(7-10)20-14(23)15(3)8-16(15,18)19/h5-7,9H,8H2,1-4H3,(H,20,23)/t15-/m0/s1. The molecule has 0 aliphatic heterocycles. The molecule has 0 saturated heterocycles. The van der Waals surface area contributed by atoms with Crippen molar-refractivity contribution in [2.24, 2.45) is 5.41 Å². The summed E-state index contributed by atoms with van der Waals surface area (Å²) in [6, 6.07) is 4.85. The molecule has 1 aromatic carbocycles. The largest absolute Gasteiger partial charge is 0.339 e. The first-order valence-corrected chi connectivity index (χ1v) is 8.39. The van der Waals surface area contributed by atoms with E-state index in [-0.39, 0.29) is 17.9 Å². The summed E-state index contributed by atoms with van der Waals surface area (Å²) in [6.45, 7) is 5.54. The molecule has 0 aromatic heterocycles. The predicted molar refractivity (Wildman–Crippen MR) is 94.5 cm³/mol. The fraction of sp³-hybridized carbons (Fsp3) is 0.500. The zero-order valence-electron chi connectivity index (χ0n) is 13.4. The van der Waals surface area contributed by atoms with Crippen molar-refractivity contribution in [2.75, 3.05) is 12.4 Å². The molecule has 0 heterocycles. The first-order chi connectivity index (χ1) is 10.5. The summed E-state index contributed by atoms with van der Waals surface area (Å²) in [5.41, 5.74) is -0.0319. The van der Waals surface area contributed by atoms with Crippen LogP contribution < -0.4 is 5.32 Å². The molecule has 2 amide bonds. The molecule has 1 aromatic rings. The van der Waals surface area contributed by atoms with Crippen molar-refractivity contribution in [3.63, 3.8) is 0 Å². The number of alkyl halides is 2. The van der Waals surface area contributed by atoms with Gasteiger partial charge in [-0.05, 0) is 45.4 Å². The van der Waals surface area contributed by atoms with E-state index >= 15 is 0 Å². The van der Waals surface area contributed by atoms with E-state index in [9.17, 15) is 9.59 Å². The minimum absolute atomic E-state index is 0.0645. The van der Waals surface area contributed by atoms with Gasteiger partial charge in [0.25, 0.3) is 5.91 Å². The fourth-order valence-electron chi connectivity index (χ4n) is 2.10. The number of hydrogen-bond donors (Lipinski definition) is 1. The number of anilines is 1. The van der Waals surface area contributed by atoms with Gasteiger partial charge in [0.1, 0.15) is 4.33 Å². The molecule has 0 spiro atoms. The molecule has 0 bridgehead atoms. The zero-order valence-corrected chi connectivity index (χ0v) is 15.7. The molecule has 1 N–H and O–H groups in total. The lowest BCUT2D eigenvalue weighted by atomic mass is 10.1. The molecular weight excluding hydrogens is 359 g/mol. The maximum atomic E-state index is 12.4. The van der Waals surface area contributed by atoms with Gasteiger partial charge in [0.05, 0.1) is 16.1 Å². The zero-order chi connectivity index (χ0) is 17.6. The highest BCUT2D eigenvalue weighted by Crippen LogP contribution is 2.64. The number of halogens is 3. The maximum absolute atomic E-state index is 12.4. The number of nitrogens with one attached hydrogen (secondary N) is 1. The maximum Gasteiger partial charge on any atom is 0.253 e. The number of nitrogens with zero attached hydrogens (tertiary/aromatic N) is 1. The predicted octanol–water partition coefficient (Wildman–Crippen LogP) is 4.34. The third kappa shape index (κ3) is 3.44. The molecule has 126 valence electrons. The molecule has 1 fully saturated rings. The first kappa shape index (κ1) is 18.4. The van der Waals surface area contributed by atoms with Gasteiger partial charge in [-0.2, -0.15) is 0 Å². The minimum Gasteiger partial charge on any atom is -0.339 e. The van der Waals surface area contributed by atoms with E-state index < -0.39 is 9.75 Å². The van der Waals surface area contributed by atoms with Crippen LogP contribution in [0, 0.1) is 5.41 Å². The van der Waals surface area contributed by atoms with E-state index in [1.54, 1.807) is 37.1 Å². The highest BCUT2D eigenvalue weighted by molar-refractivity contribution is 6.53. The van der Waals surface area contributed by atoms with E-state index in [0.29, 0.717) is 22.7 Å². The van der Waals surface area contributed by atoms with Crippen LogP contribution >= 0.6 is 34.8 Å². The topological polar surface area (TPSA) is 49.4 Å². The van der Waals surface area contributed by atoms with E-state index in [1.807, 2.05) is 13.8 Å². The Bertz CT molecular complexity index is 661. The second kappa shape index (κ2) is 6.15. The van der Waals surface area contributed by atoms with Crippen molar-refractivity contribution in [1.29, 1.82) is 0 Å². The van der Waals surface area contributed by atoms with Crippen LogP contribution in [0.15, 0.2) is 18.2 Å². The highest BCUT2D eigenvalue weighted by Gasteiger charge is 2.67. The van der Waals surface area contributed by atoms with Crippen molar-refractivity contribution < 1.29 is 9.59 Å². The van der Waals surface area contributed by atoms with Gasteiger partial charge >= 0.3 is 0 Å². The summed E-state index contributed by atoms with van der Waals surface area (Å²) in [6.07, 6.45) is 0.376. The molecule has 0 radical (unpaired) electrons. The second-order valence-corrected chi connectivity index (χ2v) is 8.26. The number of benzene rings is 1. The Kier molecular flexibility index (Phi) is 4.91. The minimum atomic E-state index is -1.06. The van der Waals surface area contributed by atoms with Crippen molar-refractivity contribution in [1.82, 2.24) is 4.90 Å². The van der Waals surface area contributed by atoms with Gasteiger partial charge < -0.3 is 10.2 Å². The molecule has 4 nitrogen and oxygen atoms in total. The summed E-state index contributed by atoms with van der Waals surface area (Å²) in [5.74, 6) is -0.458. The molecule has 1 aliphatic rings. The van der Waals surface area contributed by atoms with Gasteiger partial charge in [-0.15, -0.1) is 23.2 Å². The van der Waals surface area contributed by atoms with Crippen molar-refractivity contribution in [2.45, 2.75) is 37.6 Å². The van der Waals surface area contributed by atoms with E-state index in [2.05, 4.69) is 5.32 Å². The number of hydrogen-bond acceptors (Lipinski definition) is 2. The monoisotopic (exact) mass is 376 g/mol. The van der Waals surface area contributed by atoms with Crippen molar-refractivity contribution >= 4 is 52.3 Å². The van der Waals surface area contributed by atoms with Gasteiger partial charge in [0, 0.05) is 18.7 Å². The third-order valence-electron chi connectivity index (χ3n) is 4.32. The lowest BCUT2D eigenvalue weighted by Crippen LogP contribution is -2.33. The van der Waals surface area contributed by atoms with Gasteiger partial charge in [0.2, 0.25) is 5.91 Å². The highest BCUT2D eigenvalue weighted by atomic mass is 35.5. The number of carbonyl (C=O) groups is 2. The quantitative estimate of drug-likeness (QED) is 0.793. The van der Waals surface area contributed by atoms with Crippen LogP contribution in [0.1, 0.15) is 37.6 Å². The second-order valence-electron chi connectivity index (χ2n) is 6.37. The number of carbonyl (C=O) groups excluding carboxylic acids is 2. The van der Waals surface area contributed by atoms with Gasteiger partial charge in [-0.1, -0.05) is 11.6 Å². The Morgan fingerprint density at radius 3 is 2.35 bits per heavy atom. The normalized spacial score (nSPS) is 21.9. The van der Waals surface area contributed by atoms with Crippen molar-refractivity contribution in [3.8, 4) is 0 Å². The molecule has 2 rings (SSSR count). The van der Waals surface area contributed by atoms with Crippen LogP contribution in [-0.4, -0.2) is 34.1 Å². The first-order valence-electron chi connectivity index (χ1n) is 7.25. The Morgan fingerprint density at radius 2 is 1.87 bits per heavy atom. The Morgan fingerprint density at radius 1 is 1.30 bits per heavy atom. The molecule has 23 heavy (non-hydrogen) atoms. The molecular formula is C16H19Cl3N2O2. The number of rotatable bonds is 4. The Hall–Kier alpha value is -0.970. The molecule has 7 heteroatoms. The number of amides is 2. The summed E-state index contributed by atoms with van der Waals surface area (Å²) in [4.78, 5) is 26.3. The van der Waals surface area contributed by atoms with Crippen LogP contribution in [0.4, 0.5) is 5.69 Å². The summed E-state index contributed by atoms with van der Waals surface area (Å²) < 4.78 is -1.06. The van der Waals surface area contributed by atoms with Crippen LogP contribution in [0.5, 0.6) is 0 Å². The summed E-state index contributed by atoms with van der Waals surface area (Å²) in [5, 5.41) is 3.07. The summed E-state index contributed by atoms with van der Waals surface area (Å²) >= 11 is 18.2. The third-order valence-corrected chi connectivity index (χ3v) is 5.75. The molecule has 1 atom stereocenters. The summed E-state index contributed by atoms with van der Waals surface area (Å²) in [7, 11) is 1.72. The van der Waals surface area contributed by atoms with Crippen LogP contribution in [0.25, 0.3) is 0 Å². The Labute approximate surface area is 151 Å². The average Bonchev–Trinajstić information content (AvgIpc) is 2.99. The molecule has 1 saturated carbocycles. The van der Waals surface area contributed by atoms with Gasteiger partial charge in [-0.3, -0.25) is 9.59 Å². The SMILES string of the molecule is CC(C)N(C)C(=O)c1ccc(Cl)c(NC(=O)[C@]2(C)CC2(Cl)Cl)c1. The van der Waals surface area contributed by atoms with Crippen molar-refractivity contribution in [3.05, 3.63) is 28.8 Å². The lowest BCUT2D eigenvalue weighted by Gasteiger charge is -2.22. The van der Waals surface area contributed by atoms with Crippen LogP contribution in [0.2, 0.25) is 5.02 Å². The van der Waals surface area contributed by atoms with Gasteiger partial charge in [-0.25, -0.2) is 0 Å². The molecule has 0 unspecified atom stereocenters. The average molecular weight is 378 g/mol. The van der Waals surface area contributed by atoms with Crippen LogP contribution in [-0.2, 0) is 4.79 Å². The fourth-order valence-corrected chi connectivity index (χ4v) is 2.97. The smallest absolute Gasteiger partial charge is 0.253 e.